The number of halogens is 1. The summed E-state index contributed by atoms with van der Waals surface area (Å²) in [6.45, 7) is 0.736. The first-order chi connectivity index (χ1) is 10.8. The van der Waals surface area contributed by atoms with Gasteiger partial charge in [-0.25, -0.2) is 4.39 Å². The first kappa shape index (κ1) is 15.6. The van der Waals surface area contributed by atoms with Gasteiger partial charge in [0.15, 0.2) is 5.96 Å². The average Bonchev–Trinajstić information content (AvgIpc) is 3.14. The molecule has 0 amide bonds. The van der Waals surface area contributed by atoms with Gasteiger partial charge in [-0.3, -0.25) is 4.99 Å². The van der Waals surface area contributed by atoms with Gasteiger partial charge in [-0.05, 0) is 31.4 Å². The van der Waals surface area contributed by atoms with Crippen LogP contribution >= 0.6 is 11.8 Å². The summed E-state index contributed by atoms with van der Waals surface area (Å²) in [6, 6.07) is 7.23. The van der Waals surface area contributed by atoms with Gasteiger partial charge in [0.1, 0.15) is 5.82 Å². The topological polar surface area (TPSA) is 45.7 Å². The summed E-state index contributed by atoms with van der Waals surface area (Å²) in [5, 5.41) is 6.72. The fraction of sp³-hybridized carbons (Fsp3) is 0.562. The molecule has 3 rings (SSSR count). The second kappa shape index (κ2) is 7.33. The molecule has 6 heteroatoms. The molecule has 1 aromatic carbocycles. The van der Waals surface area contributed by atoms with Gasteiger partial charge in [0.2, 0.25) is 0 Å². The fourth-order valence-corrected chi connectivity index (χ4v) is 3.86. The lowest BCUT2D eigenvalue weighted by atomic mass is 9.96. The monoisotopic (exact) mass is 323 g/mol. The Labute approximate surface area is 134 Å². The van der Waals surface area contributed by atoms with Crippen LogP contribution in [-0.4, -0.2) is 43.6 Å². The smallest absolute Gasteiger partial charge is 0.191 e. The van der Waals surface area contributed by atoms with E-state index < -0.39 is 0 Å². The minimum atomic E-state index is -0.158. The summed E-state index contributed by atoms with van der Waals surface area (Å²) >= 11 is 1.51. The zero-order valence-corrected chi connectivity index (χ0v) is 13.5. The summed E-state index contributed by atoms with van der Waals surface area (Å²) in [7, 11) is 1.77. The van der Waals surface area contributed by atoms with Crippen molar-refractivity contribution in [3.63, 3.8) is 0 Å². The molecule has 2 bridgehead atoms. The molecule has 120 valence electrons. The molecule has 0 aliphatic carbocycles. The molecule has 2 aliphatic rings. The highest BCUT2D eigenvalue weighted by molar-refractivity contribution is 7.99. The molecule has 0 saturated carbocycles. The Bertz CT molecular complexity index is 540. The van der Waals surface area contributed by atoms with Gasteiger partial charge in [0, 0.05) is 24.2 Å². The van der Waals surface area contributed by atoms with Crippen molar-refractivity contribution < 1.29 is 9.13 Å². The molecule has 2 N–H and O–H groups in total. The molecule has 3 unspecified atom stereocenters. The first-order valence-electron chi connectivity index (χ1n) is 7.76. The van der Waals surface area contributed by atoms with Crippen LogP contribution in [0.15, 0.2) is 34.2 Å². The van der Waals surface area contributed by atoms with Crippen LogP contribution in [0, 0.1) is 5.82 Å². The van der Waals surface area contributed by atoms with Gasteiger partial charge >= 0.3 is 0 Å². The largest absolute Gasteiger partial charge is 0.373 e. The van der Waals surface area contributed by atoms with Crippen LogP contribution in [0.25, 0.3) is 0 Å². The summed E-state index contributed by atoms with van der Waals surface area (Å²) in [5.74, 6) is 1.43. The average molecular weight is 323 g/mol. The van der Waals surface area contributed by atoms with Crippen molar-refractivity contribution in [2.75, 3.05) is 19.3 Å². The van der Waals surface area contributed by atoms with E-state index in [1.807, 2.05) is 6.07 Å². The first-order valence-corrected chi connectivity index (χ1v) is 8.75. The normalized spacial score (nSPS) is 27.2. The number of guanidine groups is 1. The highest BCUT2D eigenvalue weighted by atomic mass is 32.2. The maximum Gasteiger partial charge on any atom is 0.191 e. The number of ether oxygens (including phenoxy) is 1. The predicted octanol–water partition coefficient (Wildman–Crippen LogP) is 2.40. The van der Waals surface area contributed by atoms with Crippen LogP contribution in [0.5, 0.6) is 0 Å². The quantitative estimate of drug-likeness (QED) is 0.378. The maximum absolute atomic E-state index is 13.5. The van der Waals surface area contributed by atoms with Gasteiger partial charge in [0.05, 0.1) is 18.2 Å². The van der Waals surface area contributed by atoms with E-state index in [1.54, 1.807) is 19.2 Å². The molecule has 2 fully saturated rings. The summed E-state index contributed by atoms with van der Waals surface area (Å²) < 4.78 is 19.3. The summed E-state index contributed by atoms with van der Waals surface area (Å²) in [5.41, 5.74) is 0. The molecule has 0 radical (unpaired) electrons. The van der Waals surface area contributed by atoms with E-state index in [2.05, 4.69) is 15.6 Å². The van der Waals surface area contributed by atoms with Gasteiger partial charge in [-0.1, -0.05) is 12.1 Å². The van der Waals surface area contributed by atoms with Gasteiger partial charge in [0.25, 0.3) is 0 Å². The number of thioether (sulfide) groups is 1. The van der Waals surface area contributed by atoms with Crippen LogP contribution in [0.4, 0.5) is 4.39 Å². The molecular formula is C16H22FN3OS. The standard InChI is InChI=1S/C16H22FN3OS/c1-18-16(20-13-10-11-6-7-14(13)21-11)19-8-9-22-15-5-3-2-4-12(15)17/h2-5,11,13-14H,6-10H2,1H3,(H2,18,19,20). The lowest BCUT2D eigenvalue weighted by Gasteiger charge is -2.22. The Morgan fingerprint density at radius 2 is 2.27 bits per heavy atom. The second-order valence-corrected chi connectivity index (χ2v) is 6.78. The second-order valence-electron chi connectivity index (χ2n) is 5.64. The minimum absolute atomic E-state index is 0.158. The number of nitrogens with zero attached hydrogens (tertiary/aromatic N) is 1. The summed E-state index contributed by atoms with van der Waals surface area (Å²) in [4.78, 5) is 4.94. The Morgan fingerprint density at radius 1 is 1.41 bits per heavy atom. The fourth-order valence-electron chi connectivity index (χ4n) is 3.05. The lowest BCUT2D eigenvalue weighted by Crippen LogP contribution is -2.47. The van der Waals surface area contributed by atoms with E-state index in [-0.39, 0.29) is 5.82 Å². The number of fused-ring (bicyclic) bond motifs is 2. The van der Waals surface area contributed by atoms with E-state index in [9.17, 15) is 4.39 Å². The van der Waals surface area contributed by atoms with Gasteiger partial charge < -0.3 is 15.4 Å². The Morgan fingerprint density at radius 3 is 2.95 bits per heavy atom. The van der Waals surface area contributed by atoms with Crippen molar-refractivity contribution in [2.24, 2.45) is 4.99 Å². The molecule has 2 aliphatic heterocycles. The van der Waals surface area contributed by atoms with Crippen molar-refractivity contribution in [3.8, 4) is 0 Å². The molecule has 0 spiro atoms. The third-order valence-corrected chi connectivity index (χ3v) is 5.19. The predicted molar refractivity (Wildman–Crippen MR) is 87.9 cm³/mol. The zero-order valence-electron chi connectivity index (χ0n) is 12.7. The lowest BCUT2D eigenvalue weighted by molar-refractivity contribution is 0.0992. The number of hydrogen-bond acceptors (Lipinski definition) is 3. The van der Waals surface area contributed by atoms with Crippen LogP contribution in [0.3, 0.4) is 0 Å². The molecule has 2 heterocycles. The molecule has 22 heavy (non-hydrogen) atoms. The van der Waals surface area contributed by atoms with Crippen LogP contribution < -0.4 is 10.6 Å². The number of benzene rings is 1. The number of hydrogen-bond donors (Lipinski definition) is 2. The Hall–Kier alpha value is -1.27. The highest BCUT2D eigenvalue weighted by Crippen LogP contribution is 2.34. The highest BCUT2D eigenvalue weighted by Gasteiger charge is 2.41. The number of aliphatic imine (C=N–C) groups is 1. The van der Waals surface area contributed by atoms with Crippen molar-refractivity contribution in [2.45, 2.75) is 42.4 Å². The minimum Gasteiger partial charge on any atom is -0.373 e. The Balaban J connectivity index is 1.39. The van der Waals surface area contributed by atoms with Crippen LogP contribution in [-0.2, 0) is 4.74 Å². The molecule has 0 aromatic heterocycles. The van der Waals surface area contributed by atoms with Crippen molar-refractivity contribution in [3.05, 3.63) is 30.1 Å². The Kier molecular flexibility index (Phi) is 5.20. The van der Waals surface area contributed by atoms with E-state index in [0.29, 0.717) is 23.1 Å². The van der Waals surface area contributed by atoms with E-state index >= 15 is 0 Å². The molecular weight excluding hydrogens is 301 g/mol. The van der Waals surface area contributed by atoms with E-state index in [1.165, 1.54) is 24.2 Å². The van der Waals surface area contributed by atoms with Crippen molar-refractivity contribution >= 4 is 17.7 Å². The zero-order chi connectivity index (χ0) is 15.4. The van der Waals surface area contributed by atoms with Gasteiger partial charge in [-0.2, -0.15) is 0 Å². The molecule has 4 nitrogen and oxygen atoms in total. The van der Waals surface area contributed by atoms with Crippen molar-refractivity contribution in [1.29, 1.82) is 0 Å². The van der Waals surface area contributed by atoms with Gasteiger partial charge in [-0.15, -0.1) is 11.8 Å². The van der Waals surface area contributed by atoms with E-state index in [4.69, 9.17) is 4.74 Å². The van der Waals surface area contributed by atoms with Crippen LogP contribution in [0.2, 0.25) is 0 Å². The third kappa shape index (κ3) is 3.73. The van der Waals surface area contributed by atoms with E-state index in [0.717, 1.165) is 31.1 Å². The number of nitrogens with one attached hydrogen (secondary N) is 2. The SMILES string of the molecule is CN=C(NCCSc1ccccc1F)NC1CC2CCC1O2. The molecule has 3 atom stereocenters. The van der Waals surface area contributed by atoms with Crippen LogP contribution in [0.1, 0.15) is 19.3 Å². The summed E-state index contributed by atoms with van der Waals surface area (Å²) in [6.07, 6.45) is 4.15. The maximum atomic E-state index is 13.5. The third-order valence-electron chi connectivity index (χ3n) is 4.14. The number of rotatable bonds is 5. The molecule has 2 saturated heterocycles. The molecule has 1 aromatic rings. The van der Waals surface area contributed by atoms with Crippen molar-refractivity contribution in [1.82, 2.24) is 10.6 Å².